The first-order valence-electron chi connectivity index (χ1n) is 6.72. The number of aryl methyl sites for hydroxylation is 1. The van der Waals surface area contributed by atoms with Crippen LogP contribution in [0.5, 0.6) is 0 Å². The van der Waals surface area contributed by atoms with E-state index in [9.17, 15) is 0 Å². The van der Waals surface area contributed by atoms with E-state index in [4.69, 9.17) is 13.8 Å². The second-order valence-corrected chi connectivity index (χ2v) is 6.12. The summed E-state index contributed by atoms with van der Waals surface area (Å²) in [6, 6.07) is 3.95. The van der Waals surface area contributed by atoms with Crippen LogP contribution in [0.2, 0.25) is 0 Å². The molecular formula is C14H13N3O3S. The van der Waals surface area contributed by atoms with Gasteiger partial charge in [-0.2, -0.15) is 4.98 Å². The normalized spacial score (nSPS) is 14.3. The summed E-state index contributed by atoms with van der Waals surface area (Å²) in [6.07, 6.45) is 1.47. The molecule has 0 radical (unpaired) electrons. The van der Waals surface area contributed by atoms with Gasteiger partial charge in [0.05, 0.1) is 30.2 Å². The van der Waals surface area contributed by atoms with Crippen LogP contribution in [0.4, 0.5) is 0 Å². The van der Waals surface area contributed by atoms with E-state index in [-0.39, 0.29) is 0 Å². The molecule has 4 heterocycles. The Bertz CT molecular complexity index is 751. The largest absolute Gasteiger partial charge is 0.376 e. The van der Waals surface area contributed by atoms with Gasteiger partial charge in [-0.1, -0.05) is 10.3 Å². The second kappa shape index (κ2) is 5.09. The maximum atomic E-state index is 5.45. The van der Waals surface area contributed by atoms with E-state index < -0.39 is 0 Å². The van der Waals surface area contributed by atoms with Gasteiger partial charge in [-0.25, -0.2) is 0 Å². The lowest BCUT2D eigenvalue weighted by molar-refractivity contribution is 0.112. The number of hydrogen-bond acceptors (Lipinski definition) is 7. The Morgan fingerprint density at radius 3 is 3.00 bits per heavy atom. The van der Waals surface area contributed by atoms with E-state index in [0.717, 1.165) is 29.4 Å². The molecule has 1 aliphatic heterocycles. The third kappa shape index (κ3) is 2.50. The molecule has 0 unspecified atom stereocenters. The lowest BCUT2D eigenvalue weighted by Crippen LogP contribution is -2.05. The van der Waals surface area contributed by atoms with Crippen LogP contribution in [-0.4, -0.2) is 21.9 Å². The Hall–Kier alpha value is -1.99. The van der Waals surface area contributed by atoms with Gasteiger partial charge in [-0.05, 0) is 18.6 Å². The first kappa shape index (κ1) is 12.7. The van der Waals surface area contributed by atoms with Crippen LogP contribution in [0.15, 0.2) is 21.2 Å². The van der Waals surface area contributed by atoms with Crippen molar-refractivity contribution >= 4 is 11.3 Å². The van der Waals surface area contributed by atoms with Crippen LogP contribution in [0.1, 0.15) is 27.7 Å². The molecule has 0 atom stereocenters. The summed E-state index contributed by atoms with van der Waals surface area (Å²) in [5.41, 5.74) is 2.03. The highest BCUT2D eigenvalue weighted by molar-refractivity contribution is 7.15. The minimum atomic E-state index is 0.509. The Labute approximate surface area is 124 Å². The lowest BCUT2D eigenvalue weighted by Gasteiger charge is -2.10. The molecule has 21 heavy (non-hydrogen) atoms. The topological polar surface area (TPSA) is 74.2 Å². The van der Waals surface area contributed by atoms with E-state index in [1.807, 2.05) is 13.0 Å². The molecule has 0 bridgehead atoms. The number of thiophene rings is 1. The van der Waals surface area contributed by atoms with Crippen molar-refractivity contribution in [3.05, 3.63) is 39.9 Å². The van der Waals surface area contributed by atoms with Crippen molar-refractivity contribution in [2.75, 3.05) is 6.61 Å². The first-order chi connectivity index (χ1) is 10.3. The Morgan fingerprint density at radius 1 is 1.24 bits per heavy atom. The Balaban J connectivity index is 1.57. The fourth-order valence-electron chi connectivity index (χ4n) is 2.34. The maximum Gasteiger partial charge on any atom is 0.268 e. The summed E-state index contributed by atoms with van der Waals surface area (Å²) in [7, 11) is 0. The fourth-order valence-corrected chi connectivity index (χ4v) is 3.41. The van der Waals surface area contributed by atoms with Crippen LogP contribution >= 0.6 is 11.3 Å². The number of rotatable bonds is 3. The highest BCUT2D eigenvalue weighted by Crippen LogP contribution is 2.33. The van der Waals surface area contributed by atoms with Crippen molar-refractivity contribution < 1.29 is 13.8 Å². The van der Waals surface area contributed by atoms with Crippen LogP contribution in [0.25, 0.3) is 10.8 Å². The smallest absolute Gasteiger partial charge is 0.268 e. The fraction of sp³-hybridized carbons (Fsp3) is 0.357. The summed E-state index contributed by atoms with van der Waals surface area (Å²) < 4.78 is 15.8. The molecule has 4 rings (SSSR count). The van der Waals surface area contributed by atoms with E-state index in [1.165, 1.54) is 10.4 Å². The monoisotopic (exact) mass is 303 g/mol. The van der Waals surface area contributed by atoms with Crippen molar-refractivity contribution in [2.45, 2.75) is 26.4 Å². The zero-order valence-corrected chi connectivity index (χ0v) is 12.3. The number of aromatic nitrogens is 3. The number of nitrogens with zero attached hydrogens (tertiary/aromatic N) is 3. The third-order valence-electron chi connectivity index (χ3n) is 3.32. The van der Waals surface area contributed by atoms with Gasteiger partial charge in [0.2, 0.25) is 0 Å². The quantitative estimate of drug-likeness (QED) is 0.740. The van der Waals surface area contributed by atoms with E-state index in [2.05, 4.69) is 21.4 Å². The molecule has 0 N–H and O–H groups in total. The molecule has 0 aliphatic carbocycles. The predicted molar refractivity (Wildman–Crippen MR) is 75.0 cm³/mol. The molecule has 108 valence electrons. The predicted octanol–water partition coefficient (Wildman–Crippen LogP) is 2.76. The summed E-state index contributed by atoms with van der Waals surface area (Å²) >= 11 is 1.70. The van der Waals surface area contributed by atoms with E-state index in [0.29, 0.717) is 24.7 Å². The highest BCUT2D eigenvalue weighted by atomic mass is 32.1. The summed E-state index contributed by atoms with van der Waals surface area (Å²) in [6.45, 7) is 3.31. The van der Waals surface area contributed by atoms with Crippen LogP contribution in [0, 0.1) is 6.92 Å². The SMILES string of the molecule is Cc1cc(Cc2noc(-c3cc4c(s3)CCOC4)n2)no1. The zero-order chi connectivity index (χ0) is 14.2. The Morgan fingerprint density at radius 2 is 2.19 bits per heavy atom. The molecule has 0 spiro atoms. The molecule has 0 aromatic carbocycles. The van der Waals surface area contributed by atoms with Gasteiger partial charge in [0.15, 0.2) is 5.82 Å². The van der Waals surface area contributed by atoms with Gasteiger partial charge in [-0.3, -0.25) is 0 Å². The molecule has 0 amide bonds. The lowest BCUT2D eigenvalue weighted by atomic mass is 10.2. The van der Waals surface area contributed by atoms with Crippen molar-refractivity contribution in [3.8, 4) is 10.8 Å². The minimum Gasteiger partial charge on any atom is -0.376 e. The van der Waals surface area contributed by atoms with E-state index in [1.54, 1.807) is 11.3 Å². The number of hydrogen-bond donors (Lipinski definition) is 0. The van der Waals surface area contributed by atoms with Gasteiger partial charge in [0.1, 0.15) is 5.76 Å². The average Bonchev–Trinajstić information content (AvgIpc) is 3.18. The van der Waals surface area contributed by atoms with Gasteiger partial charge in [0.25, 0.3) is 5.89 Å². The van der Waals surface area contributed by atoms with Crippen LogP contribution < -0.4 is 0 Å². The maximum absolute atomic E-state index is 5.45. The first-order valence-corrected chi connectivity index (χ1v) is 7.54. The summed E-state index contributed by atoms with van der Waals surface area (Å²) in [5.74, 6) is 1.95. The van der Waals surface area contributed by atoms with Gasteiger partial charge in [0, 0.05) is 17.4 Å². The zero-order valence-electron chi connectivity index (χ0n) is 11.5. The Kier molecular flexibility index (Phi) is 3.08. The van der Waals surface area contributed by atoms with Crippen molar-refractivity contribution in [3.63, 3.8) is 0 Å². The summed E-state index contributed by atoms with van der Waals surface area (Å²) in [4.78, 5) is 6.79. The summed E-state index contributed by atoms with van der Waals surface area (Å²) in [5, 5.41) is 7.95. The van der Waals surface area contributed by atoms with Gasteiger partial charge >= 0.3 is 0 Å². The standard InChI is InChI=1S/C14H13N3O3S/c1-8-4-10(16-19-8)6-13-15-14(20-17-13)12-5-9-7-18-3-2-11(9)21-12/h4-5H,2-3,6-7H2,1H3. The number of fused-ring (bicyclic) bond motifs is 1. The molecule has 7 heteroatoms. The molecule has 0 saturated heterocycles. The molecule has 1 aliphatic rings. The van der Waals surface area contributed by atoms with Crippen molar-refractivity contribution in [2.24, 2.45) is 0 Å². The minimum absolute atomic E-state index is 0.509. The van der Waals surface area contributed by atoms with Gasteiger partial charge in [-0.15, -0.1) is 11.3 Å². The number of ether oxygens (including phenoxy) is 1. The van der Waals surface area contributed by atoms with Gasteiger partial charge < -0.3 is 13.8 Å². The average molecular weight is 303 g/mol. The van der Waals surface area contributed by atoms with E-state index >= 15 is 0 Å². The van der Waals surface area contributed by atoms with Crippen LogP contribution in [-0.2, 0) is 24.2 Å². The molecule has 3 aromatic rings. The molecule has 3 aromatic heterocycles. The third-order valence-corrected chi connectivity index (χ3v) is 4.55. The molecule has 6 nitrogen and oxygen atoms in total. The molecule has 0 fully saturated rings. The molecular weight excluding hydrogens is 290 g/mol. The van der Waals surface area contributed by atoms with Crippen LogP contribution in [0.3, 0.4) is 0 Å². The van der Waals surface area contributed by atoms with Crippen molar-refractivity contribution in [1.82, 2.24) is 15.3 Å². The molecule has 0 saturated carbocycles. The second-order valence-electron chi connectivity index (χ2n) is 4.98. The van der Waals surface area contributed by atoms with Crippen molar-refractivity contribution in [1.29, 1.82) is 0 Å². The highest BCUT2D eigenvalue weighted by Gasteiger charge is 2.18.